The van der Waals surface area contributed by atoms with Gasteiger partial charge in [0.05, 0.1) is 4.88 Å². The number of carbonyl (C=O) groups is 1. The fraction of sp³-hybridized carbons (Fsp3) is 0.450. The second-order valence-electron chi connectivity index (χ2n) is 6.66. The predicted octanol–water partition coefficient (Wildman–Crippen LogP) is 4.86. The van der Waals surface area contributed by atoms with Gasteiger partial charge in [-0.3, -0.25) is 4.79 Å². The average Bonchev–Trinajstić information content (AvgIpc) is 3.01. The normalized spacial score (nSPS) is 16.6. The van der Waals surface area contributed by atoms with Crippen LogP contribution in [0.2, 0.25) is 0 Å². The van der Waals surface area contributed by atoms with Crippen LogP contribution < -0.4 is 5.32 Å². The first-order valence-corrected chi connectivity index (χ1v) is 10.4. The number of aryl methyl sites for hydroxylation is 2. The number of thiophene rings is 1. The Morgan fingerprint density at radius 2 is 2.08 bits per heavy atom. The summed E-state index contributed by atoms with van der Waals surface area (Å²) < 4.78 is 6.65. The maximum atomic E-state index is 12.7. The SMILES string of the molecule is CCc1sc(C(=O)NCC2(c3cccc(Br)c3)CCOCC2)cc1C. The van der Waals surface area contributed by atoms with Crippen molar-refractivity contribution in [2.24, 2.45) is 0 Å². The van der Waals surface area contributed by atoms with Crippen molar-refractivity contribution < 1.29 is 9.53 Å². The second kappa shape index (κ2) is 8.02. The molecule has 3 nitrogen and oxygen atoms in total. The van der Waals surface area contributed by atoms with Crippen LogP contribution in [0.5, 0.6) is 0 Å². The number of hydrogen-bond donors (Lipinski definition) is 1. The Hall–Kier alpha value is -1.17. The van der Waals surface area contributed by atoms with E-state index in [0.29, 0.717) is 6.54 Å². The van der Waals surface area contributed by atoms with E-state index in [0.717, 1.165) is 41.8 Å². The Morgan fingerprint density at radius 1 is 1.32 bits per heavy atom. The lowest BCUT2D eigenvalue weighted by Gasteiger charge is -2.38. The fourth-order valence-corrected chi connectivity index (χ4v) is 4.90. The first-order valence-electron chi connectivity index (χ1n) is 8.75. The van der Waals surface area contributed by atoms with Crippen LogP contribution in [0.4, 0.5) is 0 Å². The summed E-state index contributed by atoms with van der Waals surface area (Å²) in [6.45, 7) is 6.32. The molecule has 1 saturated heterocycles. The molecule has 1 N–H and O–H groups in total. The standard InChI is InChI=1S/C20H24BrNO2S/c1-3-17-14(2)11-18(25-17)19(23)22-13-20(7-9-24-10-8-20)15-5-4-6-16(21)12-15/h4-6,11-12H,3,7-10,13H2,1-2H3,(H,22,23). The zero-order valence-corrected chi connectivity index (χ0v) is 17.1. The summed E-state index contributed by atoms with van der Waals surface area (Å²) in [7, 11) is 0. The van der Waals surface area contributed by atoms with Gasteiger partial charge in [-0.15, -0.1) is 11.3 Å². The van der Waals surface area contributed by atoms with E-state index in [1.807, 2.05) is 12.1 Å². The molecule has 5 heteroatoms. The third-order valence-corrected chi connectivity index (χ3v) is 6.91. The van der Waals surface area contributed by atoms with Crippen LogP contribution in [-0.2, 0) is 16.6 Å². The van der Waals surface area contributed by atoms with Gasteiger partial charge in [-0.1, -0.05) is 35.0 Å². The van der Waals surface area contributed by atoms with Gasteiger partial charge in [0, 0.05) is 34.5 Å². The van der Waals surface area contributed by atoms with Gasteiger partial charge >= 0.3 is 0 Å². The molecular weight excluding hydrogens is 398 g/mol. The highest BCUT2D eigenvalue weighted by Gasteiger charge is 2.35. The third-order valence-electron chi connectivity index (χ3n) is 5.04. The lowest BCUT2D eigenvalue weighted by Crippen LogP contribution is -2.44. The van der Waals surface area contributed by atoms with E-state index in [1.165, 1.54) is 16.0 Å². The molecule has 134 valence electrons. The molecule has 2 heterocycles. The Morgan fingerprint density at radius 3 is 2.72 bits per heavy atom. The maximum Gasteiger partial charge on any atom is 0.261 e. The number of carbonyl (C=O) groups excluding carboxylic acids is 1. The van der Waals surface area contributed by atoms with E-state index in [2.05, 4.69) is 53.3 Å². The molecular formula is C20H24BrNO2S. The Balaban J connectivity index is 1.78. The van der Waals surface area contributed by atoms with Crippen LogP contribution in [-0.4, -0.2) is 25.7 Å². The third kappa shape index (κ3) is 4.15. The van der Waals surface area contributed by atoms with Crippen LogP contribution in [0, 0.1) is 6.92 Å². The van der Waals surface area contributed by atoms with E-state index in [9.17, 15) is 4.79 Å². The molecule has 0 saturated carbocycles. The van der Waals surface area contributed by atoms with Crippen molar-refractivity contribution in [1.29, 1.82) is 0 Å². The number of amides is 1. The smallest absolute Gasteiger partial charge is 0.261 e. The van der Waals surface area contributed by atoms with Gasteiger partial charge in [0.1, 0.15) is 0 Å². The molecule has 3 rings (SSSR count). The van der Waals surface area contributed by atoms with Crippen molar-refractivity contribution in [1.82, 2.24) is 5.32 Å². The van der Waals surface area contributed by atoms with E-state index >= 15 is 0 Å². The van der Waals surface area contributed by atoms with Crippen LogP contribution >= 0.6 is 27.3 Å². The highest BCUT2D eigenvalue weighted by molar-refractivity contribution is 9.10. The summed E-state index contributed by atoms with van der Waals surface area (Å²) >= 11 is 5.18. The van der Waals surface area contributed by atoms with Crippen molar-refractivity contribution in [3.8, 4) is 0 Å². The zero-order valence-electron chi connectivity index (χ0n) is 14.7. The zero-order chi connectivity index (χ0) is 17.9. The van der Waals surface area contributed by atoms with Crippen LogP contribution in [0.15, 0.2) is 34.8 Å². The Kier molecular flexibility index (Phi) is 5.97. The lowest BCUT2D eigenvalue weighted by atomic mass is 9.74. The van der Waals surface area contributed by atoms with Gasteiger partial charge < -0.3 is 10.1 Å². The van der Waals surface area contributed by atoms with Gasteiger partial charge in [0.25, 0.3) is 5.91 Å². The van der Waals surface area contributed by atoms with E-state index in [4.69, 9.17) is 4.74 Å². The minimum atomic E-state index is -0.0580. The first-order chi connectivity index (χ1) is 12.0. The number of rotatable bonds is 5. The fourth-order valence-electron chi connectivity index (χ4n) is 3.47. The number of benzene rings is 1. The van der Waals surface area contributed by atoms with E-state index < -0.39 is 0 Å². The maximum absolute atomic E-state index is 12.7. The minimum Gasteiger partial charge on any atom is -0.381 e. The molecule has 1 amide bonds. The number of halogens is 1. The van der Waals surface area contributed by atoms with Gasteiger partial charge in [-0.2, -0.15) is 0 Å². The lowest BCUT2D eigenvalue weighted by molar-refractivity contribution is 0.0487. The van der Waals surface area contributed by atoms with Crippen molar-refractivity contribution in [3.63, 3.8) is 0 Å². The Bertz CT molecular complexity index is 750. The van der Waals surface area contributed by atoms with Crippen LogP contribution in [0.3, 0.4) is 0 Å². The van der Waals surface area contributed by atoms with Crippen molar-refractivity contribution in [3.05, 3.63) is 55.7 Å². The molecule has 1 aromatic carbocycles. The average molecular weight is 422 g/mol. The first kappa shape index (κ1) is 18.6. The Labute approximate surface area is 161 Å². The van der Waals surface area contributed by atoms with Crippen LogP contribution in [0.1, 0.15) is 45.4 Å². The molecule has 0 atom stereocenters. The van der Waals surface area contributed by atoms with Gasteiger partial charge in [0.15, 0.2) is 0 Å². The van der Waals surface area contributed by atoms with Crippen molar-refractivity contribution >= 4 is 33.2 Å². The van der Waals surface area contributed by atoms with Crippen LogP contribution in [0.25, 0.3) is 0 Å². The van der Waals surface area contributed by atoms with Gasteiger partial charge in [-0.25, -0.2) is 0 Å². The van der Waals surface area contributed by atoms with E-state index in [1.54, 1.807) is 11.3 Å². The summed E-state index contributed by atoms with van der Waals surface area (Å²) in [5.41, 5.74) is 2.42. The van der Waals surface area contributed by atoms with Crippen molar-refractivity contribution in [2.75, 3.05) is 19.8 Å². The molecule has 0 unspecified atom stereocenters. The minimum absolute atomic E-state index is 0.0358. The molecule has 1 aliphatic heterocycles. The van der Waals surface area contributed by atoms with Gasteiger partial charge in [0.2, 0.25) is 0 Å². The molecule has 0 radical (unpaired) electrons. The molecule has 2 aromatic rings. The highest BCUT2D eigenvalue weighted by atomic mass is 79.9. The number of ether oxygens (including phenoxy) is 1. The highest BCUT2D eigenvalue weighted by Crippen LogP contribution is 2.35. The molecule has 0 aliphatic carbocycles. The monoisotopic (exact) mass is 421 g/mol. The topological polar surface area (TPSA) is 38.3 Å². The number of nitrogens with one attached hydrogen (secondary N) is 1. The van der Waals surface area contributed by atoms with E-state index in [-0.39, 0.29) is 11.3 Å². The summed E-state index contributed by atoms with van der Waals surface area (Å²) in [6, 6.07) is 10.4. The summed E-state index contributed by atoms with van der Waals surface area (Å²) in [5, 5.41) is 3.19. The molecule has 1 aromatic heterocycles. The summed E-state index contributed by atoms with van der Waals surface area (Å²) in [6.07, 6.45) is 2.82. The van der Waals surface area contributed by atoms with Crippen molar-refractivity contribution in [2.45, 2.75) is 38.5 Å². The molecule has 0 spiro atoms. The van der Waals surface area contributed by atoms with Gasteiger partial charge in [-0.05, 0) is 55.5 Å². The summed E-state index contributed by atoms with van der Waals surface area (Å²) in [5.74, 6) is 0.0358. The molecule has 1 aliphatic rings. The largest absolute Gasteiger partial charge is 0.381 e. The predicted molar refractivity (Wildman–Crippen MR) is 107 cm³/mol. The quantitative estimate of drug-likeness (QED) is 0.748. The number of hydrogen-bond acceptors (Lipinski definition) is 3. The molecule has 1 fully saturated rings. The second-order valence-corrected chi connectivity index (χ2v) is 8.71. The summed E-state index contributed by atoms with van der Waals surface area (Å²) in [4.78, 5) is 14.8. The molecule has 25 heavy (non-hydrogen) atoms. The molecule has 0 bridgehead atoms.